The van der Waals surface area contributed by atoms with Gasteiger partial charge in [-0.25, -0.2) is 0 Å². The third-order valence-corrected chi connectivity index (χ3v) is 5.22. The van der Waals surface area contributed by atoms with Crippen LogP contribution in [-0.2, 0) is 16.1 Å². The summed E-state index contributed by atoms with van der Waals surface area (Å²) >= 11 is 0. The van der Waals surface area contributed by atoms with Crippen molar-refractivity contribution in [1.82, 2.24) is 20.1 Å². The molecule has 1 spiro atoms. The Morgan fingerprint density at radius 3 is 2.96 bits per heavy atom. The smallest absolute Gasteiger partial charge is 0.255 e. The zero-order valence-electron chi connectivity index (χ0n) is 14.6. The summed E-state index contributed by atoms with van der Waals surface area (Å²) in [5.74, 6) is 0.414. The quantitative estimate of drug-likeness (QED) is 0.735. The lowest BCUT2D eigenvalue weighted by atomic mass is 9.79. The number of hydrogen-bond donors (Lipinski definition) is 0. The van der Waals surface area contributed by atoms with Gasteiger partial charge >= 0.3 is 0 Å². The summed E-state index contributed by atoms with van der Waals surface area (Å²) in [6.07, 6.45) is 6.77. The second kappa shape index (κ2) is 7.47. The maximum absolute atomic E-state index is 12.5. The van der Waals surface area contributed by atoms with E-state index in [0.717, 1.165) is 25.1 Å². The van der Waals surface area contributed by atoms with Crippen molar-refractivity contribution in [3.8, 4) is 0 Å². The van der Waals surface area contributed by atoms with Crippen molar-refractivity contribution in [3.05, 3.63) is 54.1 Å². The maximum atomic E-state index is 12.5. The van der Waals surface area contributed by atoms with E-state index in [1.165, 1.54) is 12.4 Å². The molecule has 0 N–H and O–H groups in total. The van der Waals surface area contributed by atoms with E-state index in [1.54, 1.807) is 12.3 Å². The molecule has 7 heteroatoms. The molecule has 2 fully saturated rings. The maximum Gasteiger partial charge on any atom is 0.255 e. The predicted octanol–water partition coefficient (Wildman–Crippen LogP) is 1.71. The zero-order valence-corrected chi connectivity index (χ0v) is 14.6. The third kappa shape index (κ3) is 3.45. The highest BCUT2D eigenvalue weighted by Gasteiger charge is 2.54. The molecule has 2 saturated heterocycles. The Morgan fingerprint density at radius 1 is 1.27 bits per heavy atom. The summed E-state index contributed by atoms with van der Waals surface area (Å²) in [6, 6.07) is 7.51. The lowest BCUT2D eigenvalue weighted by Gasteiger charge is -2.50. The molecule has 2 aliphatic heterocycles. The van der Waals surface area contributed by atoms with Crippen molar-refractivity contribution in [3.63, 3.8) is 0 Å². The predicted molar refractivity (Wildman–Crippen MR) is 93.2 cm³/mol. The number of carbonyl (C=O) groups is 1. The minimum atomic E-state index is -0.204. The molecule has 0 bridgehead atoms. The van der Waals surface area contributed by atoms with Crippen molar-refractivity contribution in [2.45, 2.75) is 25.0 Å². The molecule has 136 valence electrons. The number of hydrogen-bond acceptors (Lipinski definition) is 6. The molecule has 1 atom stereocenters. The summed E-state index contributed by atoms with van der Waals surface area (Å²) in [4.78, 5) is 18.5. The average Bonchev–Trinajstić information content (AvgIpc) is 3.09. The van der Waals surface area contributed by atoms with Gasteiger partial charge in [0.15, 0.2) is 0 Å². The number of nitrogens with zero attached hydrogens (tertiary/aromatic N) is 4. The first-order valence-corrected chi connectivity index (χ1v) is 8.94. The van der Waals surface area contributed by atoms with E-state index in [-0.39, 0.29) is 11.5 Å². The molecule has 2 aliphatic rings. The second-order valence-corrected chi connectivity index (χ2v) is 6.85. The Bertz CT molecular complexity index is 735. The van der Waals surface area contributed by atoms with Crippen LogP contribution in [0.1, 0.15) is 28.9 Å². The minimum absolute atomic E-state index is 0.00817. The minimum Gasteiger partial charge on any atom is -0.375 e. The molecule has 4 rings (SSSR count). The fourth-order valence-electron chi connectivity index (χ4n) is 3.77. The van der Waals surface area contributed by atoms with E-state index < -0.39 is 0 Å². The normalized spacial score (nSPS) is 20.9. The van der Waals surface area contributed by atoms with Crippen molar-refractivity contribution in [2.75, 3.05) is 26.3 Å². The lowest BCUT2D eigenvalue weighted by Crippen LogP contribution is -2.66. The highest BCUT2D eigenvalue weighted by molar-refractivity contribution is 5.94. The molecule has 0 aromatic carbocycles. The summed E-state index contributed by atoms with van der Waals surface area (Å²) in [7, 11) is 0. The molecule has 0 saturated carbocycles. The van der Waals surface area contributed by atoms with Crippen LogP contribution in [0.25, 0.3) is 0 Å². The van der Waals surface area contributed by atoms with E-state index in [4.69, 9.17) is 9.47 Å². The van der Waals surface area contributed by atoms with E-state index >= 15 is 0 Å². The Labute approximate surface area is 152 Å². The topological polar surface area (TPSA) is 77.4 Å². The molecule has 4 heterocycles. The number of aromatic nitrogens is 3. The van der Waals surface area contributed by atoms with Gasteiger partial charge in [0.25, 0.3) is 5.91 Å². The van der Waals surface area contributed by atoms with Crippen LogP contribution in [0, 0.1) is 5.92 Å². The molecule has 1 amide bonds. The largest absolute Gasteiger partial charge is 0.375 e. The van der Waals surface area contributed by atoms with Gasteiger partial charge in [-0.05, 0) is 37.0 Å². The van der Waals surface area contributed by atoms with Gasteiger partial charge in [0.05, 0.1) is 43.3 Å². The molecule has 0 aliphatic carbocycles. The first-order chi connectivity index (χ1) is 12.8. The van der Waals surface area contributed by atoms with Crippen LogP contribution in [0.2, 0.25) is 0 Å². The van der Waals surface area contributed by atoms with Crippen LogP contribution >= 0.6 is 0 Å². The summed E-state index contributed by atoms with van der Waals surface area (Å²) in [5.41, 5.74) is 1.31. The molecule has 26 heavy (non-hydrogen) atoms. The number of ether oxygens (including phenoxy) is 2. The van der Waals surface area contributed by atoms with E-state index in [9.17, 15) is 4.79 Å². The number of pyridine rings is 1. The molecule has 2 aromatic rings. The van der Waals surface area contributed by atoms with Crippen LogP contribution in [0.15, 0.2) is 42.9 Å². The van der Waals surface area contributed by atoms with Gasteiger partial charge in [0.1, 0.15) is 5.60 Å². The van der Waals surface area contributed by atoms with E-state index in [2.05, 4.69) is 15.2 Å². The SMILES string of the molecule is O=C(c1ccnnc1)N1CC2(C1)OCC[C@@H]2CCOCc1ccccn1. The zero-order chi connectivity index (χ0) is 17.8. The first kappa shape index (κ1) is 17.1. The van der Waals surface area contributed by atoms with Crippen LogP contribution in [0.5, 0.6) is 0 Å². The monoisotopic (exact) mass is 354 g/mol. The van der Waals surface area contributed by atoms with Gasteiger partial charge < -0.3 is 14.4 Å². The molecule has 7 nitrogen and oxygen atoms in total. The van der Waals surface area contributed by atoms with Gasteiger partial charge in [-0.3, -0.25) is 9.78 Å². The highest BCUT2D eigenvalue weighted by Crippen LogP contribution is 2.42. The molecular formula is C19H22N4O3. The van der Waals surface area contributed by atoms with Crippen molar-refractivity contribution in [1.29, 1.82) is 0 Å². The van der Waals surface area contributed by atoms with E-state index in [0.29, 0.717) is 37.8 Å². The van der Waals surface area contributed by atoms with Gasteiger partial charge in [-0.2, -0.15) is 10.2 Å². The summed E-state index contributed by atoms with van der Waals surface area (Å²) in [6.45, 7) is 3.23. The van der Waals surface area contributed by atoms with Crippen LogP contribution in [-0.4, -0.2) is 57.9 Å². The Hall–Kier alpha value is -2.38. The van der Waals surface area contributed by atoms with Crippen molar-refractivity contribution in [2.24, 2.45) is 5.92 Å². The summed E-state index contributed by atoms with van der Waals surface area (Å²) in [5, 5.41) is 7.49. The Morgan fingerprint density at radius 2 is 2.19 bits per heavy atom. The number of amides is 1. The standard InChI is InChI=1S/C19H22N4O3/c24-18(15-4-8-21-22-11-15)23-13-19(14-23)16(6-10-26-19)5-9-25-12-17-3-1-2-7-20-17/h1-4,7-8,11,16H,5-6,9-10,12-14H2/t16-/m0/s1. The highest BCUT2D eigenvalue weighted by atomic mass is 16.5. The Balaban J connectivity index is 1.26. The lowest BCUT2D eigenvalue weighted by molar-refractivity contribution is -0.120. The molecular weight excluding hydrogens is 332 g/mol. The Kier molecular flexibility index (Phi) is 4.90. The molecule has 2 aromatic heterocycles. The molecule has 0 unspecified atom stereocenters. The second-order valence-electron chi connectivity index (χ2n) is 6.85. The van der Waals surface area contributed by atoms with Gasteiger partial charge in [-0.1, -0.05) is 6.07 Å². The number of rotatable bonds is 6. The van der Waals surface area contributed by atoms with Crippen LogP contribution in [0.4, 0.5) is 0 Å². The van der Waals surface area contributed by atoms with Gasteiger partial charge in [-0.15, -0.1) is 0 Å². The number of likely N-dealkylation sites (tertiary alicyclic amines) is 1. The van der Waals surface area contributed by atoms with Gasteiger partial charge in [0.2, 0.25) is 0 Å². The number of carbonyl (C=O) groups excluding carboxylic acids is 1. The van der Waals surface area contributed by atoms with Crippen LogP contribution in [0.3, 0.4) is 0 Å². The van der Waals surface area contributed by atoms with E-state index in [1.807, 2.05) is 23.1 Å². The van der Waals surface area contributed by atoms with Crippen molar-refractivity contribution >= 4 is 5.91 Å². The third-order valence-electron chi connectivity index (χ3n) is 5.22. The fourth-order valence-corrected chi connectivity index (χ4v) is 3.77. The van der Waals surface area contributed by atoms with Crippen molar-refractivity contribution < 1.29 is 14.3 Å². The average molecular weight is 354 g/mol. The summed E-state index contributed by atoms with van der Waals surface area (Å²) < 4.78 is 11.8. The first-order valence-electron chi connectivity index (χ1n) is 8.94. The fraction of sp³-hybridized carbons (Fsp3) is 0.474. The van der Waals surface area contributed by atoms with Crippen LogP contribution < -0.4 is 0 Å². The molecule has 0 radical (unpaired) electrons. The van der Waals surface area contributed by atoms with Gasteiger partial charge in [0, 0.05) is 19.4 Å².